The minimum Gasteiger partial charge on any atom is -0.497 e. The van der Waals surface area contributed by atoms with Crippen LogP contribution in [0.5, 0.6) is 11.5 Å². The summed E-state index contributed by atoms with van der Waals surface area (Å²) < 4.78 is 12.4. The molecule has 1 amide bonds. The number of nitrogens with one attached hydrogen (secondary N) is 1. The highest BCUT2D eigenvalue weighted by atomic mass is 35.5. The number of halogens is 1. The van der Waals surface area contributed by atoms with Gasteiger partial charge >= 0.3 is 0 Å². The second-order valence-electron chi connectivity index (χ2n) is 6.77. The molecule has 0 aliphatic carbocycles. The Morgan fingerprint density at radius 1 is 1.13 bits per heavy atom. The first-order valence-electron chi connectivity index (χ1n) is 9.38. The van der Waals surface area contributed by atoms with Gasteiger partial charge in [-0.25, -0.2) is 9.97 Å². The summed E-state index contributed by atoms with van der Waals surface area (Å²) in [6.45, 7) is 0.515. The van der Waals surface area contributed by atoms with Crippen molar-refractivity contribution < 1.29 is 14.3 Å². The first-order chi connectivity index (χ1) is 15.0. The van der Waals surface area contributed by atoms with Crippen molar-refractivity contribution >= 4 is 47.5 Å². The van der Waals surface area contributed by atoms with Gasteiger partial charge in [0.15, 0.2) is 5.15 Å². The molecule has 0 aliphatic heterocycles. The lowest BCUT2D eigenvalue weighted by atomic mass is 9.93. The summed E-state index contributed by atoms with van der Waals surface area (Å²) in [5.74, 6) is 0.429. The maximum absolute atomic E-state index is 13.1. The summed E-state index contributed by atoms with van der Waals surface area (Å²) in [7, 11) is 8.97. The van der Waals surface area contributed by atoms with Gasteiger partial charge in [0.1, 0.15) is 36.7 Å². The number of methoxy groups -OCH3 is 2. The number of nitrogens with zero attached hydrogens (tertiary/aromatic N) is 3. The van der Waals surface area contributed by atoms with Gasteiger partial charge < -0.3 is 19.4 Å². The van der Waals surface area contributed by atoms with E-state index < -0.39 is 0 Å². The first kappa shape index (κ1) is 20.7. The number of carbonyl (C=O) groups excluding carboxylic acids is 1. The van der Waals surface area contributed by atoms with Gasteiger partial charge in [0.05, 0.1) is 19.8 Å². The number of carbonyl (C=O) groups is 1. The minimum atomic E-state index is -0.361. The molecule has 0 unspecified atom stereocenters. The Balaban J connectivity index is 1.73. The van der Waals surface area contributed by atoms with E-state index in [1.165, 1.54) is 20.5 Å². The number of ether oxygens (including phenoxy) is 2. The van der Waals surface area contributed by atoms with Crippen molar-refractivity contribution in [2.75, 3.05) is 19.5 Å². The van der Waals surface area contributed by atoms with Gasteiger partial charge in [0.2, 0.25) is 0 Å². The third-order valence-electron chi connectivity index (χ3n) is 4.85. The van der Waals surface area contributed by atoms with Crippen LogP contribution in [0.15, 0.2) is 55.0 Å². The van der Waals surface area contributed by atoms with E-state index in [1.54, 1.807) is 18.3 Å². The van der Waals surface area contributed by atoms with Gasteiger partial charge in [0.25, 0.3) is 5.91 Å². The molecule has 0 atom stereocenters. The van der Waals surface area contributed by atoms with Gasteiger partial charge in [-0.3, -0.25) is 4.79 Å². The number of amides is 1. The van der Waals surface area contributed by atoms with Gasteiger partial charge in [-0.05, 0) is 11.0 Å². The van der Waals surface area contributed by atoms with Crippen LogP contribution in [-0.2, 0) is 6.54 Å². The maximum atomic E-state index is 13.1. The van der Waals surface area contributed by atoms with Crippen LogP contribution < -0.4 is 20.3 Å². The lowest BCUT2D eigenvalue weighted by molar-refractivity contribution is 0.102. The highest BCUT2D eigenvalue weighted by molar-refractivity contribution is 6.36. The van der Waals surface area contributed by atoms with Crippen molar-refractivity contribution in [3.05, 3.63) is 71.3 Å². The maximum Gasteiger partial charge on any atom is 0.259 e. The Hall–Kier alpha value is -3.52. The number of anilines is 1. The Labute approximate surface area is 185 Å². The molecule has 0 saturated heterocycles. The van der Waals surface area contributed by atoms with Crippen molar-refractivity contribution in [1.82, 2.24) is 14.5 Å². The largest absolute Gasteiger partial charge is 0.497 e. The topological polar surface area (TPSA) is 78.3 Å². The van der Waals surface area contributed by atoms with Crippen molar-refractivity contribution in [3.63, 3.8) is 0 Å². The predicted octanol–water partition coefficient (Wildman–Crippen LogP) is 3.20. The zero-order valence-electron chi connectivity index (χ0n) is 16.9. The Morgan fingerprint density at radius 3 is 2.45 bits per heavy atom. The number of hydrogen-bond donors (Lipinski definition) is 1. The van der Waals surface area contributed by atoms with Crippen LogP contribution in [0.1, 0.15) is 15.9 Å². The molecular weight excluding hydrogens is 415 g/mol. The zero-order chi connectivity index (χ0) is 22.0. The Kier molecular flexibility index (Phi) is 5.82. The third-order valence-corrected chi connectivity index (χ3v) is 5.12. The zero-order valence-corrected chi connectivity index (χ0v) is 17.7. The van der Waals surface area contributed by atoms with Crippen LogP contribution in [0.4, 0.5) is 5.69 Å². The van der Waals surface area contributed by atoms with Crippen molar-refractivity contribution in [1.29, 1.82) is 0 Å². The molecule has 2 aromatic carbocycles. The second-order valence-corrected chi connectivity index (χ2v) is 7.12. The average molecular weight is 433 g/mol. The van der Waals surface area contributed by atoms with Crippen LogP contribution in [0.3, 0.4) is 0 Å². The summed E-state index contributed by atoms with van der Waals surface area (Å²) in [5, 5.41) is 3.13. The summed E-state index contributed by atoms with van der Waals surface area (Å²) in [5.41, 5.74) is 3.29. The van der Waals surface area contributed by atoms with E-state index in [-0.39, 0.29) is 11.1 Å². The predicted molar refractivity (Wildman–Crippen MR) is 121 cm³/mol. The molecule has 4 aromatic rings. The van der Waals surface area contributed by atoms with Crippen molar-refractivity contribution in [2.45, 2.75) is 6.54 Å². The molecule has 0 bridgehead atoms. The highest BCUT2D eigenvalue weighted by Crippen LogP contribution is 2.28. The monoisotopic (exact) mass is 432 g/mol. The van der Waals surface area contributed by atoms with Gasteiger partial charge in [0, 0.05) is 30.6 Å². The van der Waals surface area contributed by atoms with E-state index in [0.717, 1.165) is 5.56 Å². The quantitative estimate of drug-likeness (QED) is 0.374. The number of aromatic nitrogens is 3. The minimum absolute atomic E-state index is 0.274. The SMILES string of the molecule is [B]c1c(OC)cc(NC(=O)c2cn(Cc3ccccc3)c3c(Cl)ncnc23)cc1OC. The summed E-state index contributed by atoms with van der Waals surface area (Å²) >= 11 is 6.35. The van der Waals surface area contributed by atoms with E-state index >= 15 is 0 Å². The number of benzene rings is 2. The lowest BCUT2D eigenvalue weighted by Crippen LogP contribution is -2.15. The standard InChI is InChI=1S/C22H18BClN4O3/c1-30-16-8-14(9-17(31-2)18(16)23)27-22(29)15-11-28(10-13-6-4-3-5-7-13)20-19(15)25-12-26-21(20)24/h3-9,11-12H,10H2,1-2H3,(H,27,29). The molecule has 0 aliphatic rings. The van der Waals surface area contributed by atoms with Crippen LogP contribution in [0.2, 0.25) is 5.15 Å². The van der Waals surface area contributed by atoms with Crippen LogP contribution in [-0.4, -0.2) is 42.5 Å². The fraction of sp³-hybridized carbons (Fsp3) is 0.136. The summed E-state index contributed by atoms with van der Waals surface area (Å²) in [6, 6.07) is 13.1. The van der Waals surface area contributed by atoms with Crippen LogP contribution in [0, 0.1) is 0 Å². The highest BCUT2D eigenvalue weighted by Gasteiger charge is 2.20. The molecule has 9 heteroatoms. The van der Waals surface area contributed by atoms with E-state index in [2.05, 4.69) is 15.3 Å². The van der Waals surface area contributed by atoms with E-state index in [9.17, 15) is 4.79 Å². The fourth-order valence-corrected chi connectivity index (χ4v) is 3.61. The van der Waals surface area contributed by atoms with E-state index in [1.807, 2.05) is 34.9 Å². The molecule has 2 radical (unpaired) electrons. The lowest BCUT2D eigenvalue weighted by Gasteiger charge is -2.13. The molecule has 31 heavy (non-hydrogen) atoms. The molecule has 0 saturated carbocycles. The fourth-order valence-electron chi connectivity index (χ4n) is 3.37. The smallest absolute Gasteiger partial charge is 0.259 e. The molecular formula is C22H18BClN4O3. The number of hydrogen-bond acceptors (Lipinski definition) is 5. The molecule has 154 valence electrons. The first-order valence-corrected chi connectivity index (χ1v) is 9.75. The van der Waals surface area contributed by atoms with Gasteiger partial charge in [-0.2, -0.15) is 0 Å². The van der Waals surface area contributed by atoms with E-state index in [0.29, 0.717) is 45.8 Å². The van der Waals surface area contributed by atoms with Gasteiger partial charge in [-0.15, -0.1) is 0 Å². The third kappa shape index (κ3) is 4.07. The molecule has 4 rings (SSSR count). The summed E-state index contributed by atoms with van der Waals surface area (Å²) in [4.78, 5) is 21.5. The summed E-state index contributed by atoms with van der Waals surface area (Å²) in [6.07, 6.45) is 3.06. The Bertz CT molecular complexity index is 1240. The van der Waals surface area contributed by atoms with Crippen LogP contribution >= 0.6 is 11.6 Å². The van der Waals surface area contributed by atoms with Crippen molar-refractivity contribution in [3.8, 4) is 11.5 Å². The molecule has 0 fully saturated rings. The average Bonchev–Trinajstić information content (AvgIpc) is 3.15. The molecule has 1 N–H and O–H groups in total. The van der Waals surface area contributed by atoms with Crippen LogP contribution in [0.25, 0.3) is 11.0 Å². The molecule has 7 nitrogen and oxygen atoms in total. The Morgan fingerprint density at radius 2 is 1.81 bits per heavy atom. The number of fused-ring (bicyclic) bond motifs is 1. The second kappa shape index (κ2) is 8.69. The van der Waals surface area contributed by atoms with Gasteiger partial charge in [-0.1, -0.05) is 41.9 Å². The number of rotatable bonds is 6. The molecule has 0 spiro atoms. The van der Waals surface area contributed by atoms with Crippen molar-refractivity contribution in [2.24, 2.45) is 0 Å². The molecule has 2 heterocycles. The normalized spacial score (nSPS) is 10.8. The van der Waals surface area contributed by atoms with E-state index in [4.69, 9.17) is 28.9 Å². The molecule has 2 aromatic heterocycles.